The molecule has 1 amide bonds. The van der Waals surface area contributed by atoms with Gasteiger partial charge < -0.3 is 10.7 Å². The van der Waals surface area contributed by atoms with Crippen molar-refractivity contribution in [2.75, 3.05) is 19.6 Å². The van der Waals surface area contributed by atoms with E-state index in [0.717, 1.165) is 29.9 Å². The van der Waals surface area contributed by atoms with E-state index in [2.05, 4.69) is 59.9 Å². The quantitative estimate of drug-likeness (QED) is 0.435. The number of carbonyl (C=O) groups is 1. The third-order valence-electron chi connectivity index (χ3n) is 8.01. The van der Waals surface area contributed by atoms with Crippen LogP contribution < -0.4 is 5.73 Å². The van der Waals surface area contributed by atoms with Crippen molar-refractivity contribution in [1.29, 1.82) is 0 Å². The van der Waals surface area contributed by atoms with Crippen LogP contribution in [0.3, 0.4) is 0 Å². The molecule has 2 fully saturated rings. The van der Waals surface area contributed by atoms with E-state index in [1.807, 2.05) is 15.9 Å². The second kappa shape index (κ2) is 7.65. The number of fused-ring (bicyclic) bond motifs is 2. The van der Waals surface area contributed by atoms with Crippen LogP contribution in [0.2, 0.25) is 0 Å². The van der Waals surface area contributed by atoms with Crippen LogP contribution in [0.15, 0.2) is 18.6 Å². The molecule has 2 aliphatic rings. The fourth-order valence-electron chi connectivity index (χ4n) is 6.56. The summed E-state index contributed by atoms with van der Waals surface area (Å²) in [6, 6.07) is 2.22. The molecule has 0 unspecified atom stereocenters. The number of nitrogens with two attached hydrogens (primary N) is 1. The van der Waals surface area contributed by atoms with Crippen LogP contribution in [0.5, 0.6) is 0 Å². The lowest BCUT2D eigenvalue weighted by atomic mass is 9.60. The number of amides is 1. The molecule has 6 rings (SSSR count). The molecule has 178 valence electrons. The van der Waals surface area contributed by atoms with E-state index in [1.54, 1.807) is 6.33 Å². The number of hydrogen-bond donors (Lipinski definition) is 2. The first-order valence-corrected chi connectivity index (χ1v) is 13.0. The lowest BCUT2D eigenvalue weighted by Crippen LogP contribution is -2.40. The summed E-state index contributed by atoms with van der Waals surface area (Å²) in [5, 5.41) is 5.78. The first-order valence-electron chi connectivity index (χ1n) is 12.2. The lowest BCUT2D eigenvalue weighted by molar-refractivity contribution is -0.119. The van der Waals surface area contributed by atoms with Gasteiger partial charge >= 0.3 is 0 Å². The minimum Gasteiger partial charge on any atom is -0.369 e. The van der Waals surface area contributed by atoms with E-state index in [9.17, 15) is 4.79 Å². The van der Waals surface area contributed by atoms with Crippen molar-refractivity contribution in [1.82, 2.24) is 24.5 Å². The minimum atomic E-state index is -0.216. The fourth-order valence-corrected chi connectivity index (χ4v) is 7.89. The molecule has 4 aromatic heterocycles. The summed E-state index contributed by atoms with van der Waals surface area (Å²) in [5.41, 5.74) is 13.0. The van der Waals surface area contributed by atoms with Crippen LogP contribution in [-0.2, 0) is 4.79 Å². The van der Waals surface area contributed by atoms with E-state index < -0.39 is 0 Å². The summed E-state index contributed by atoms with van der Waals surface area (Å²) in [4.78, 5) is 24.6. The van der Waals surface area contributed by atoms with E-state index in [0.29, 0.717) is 23.8 Å². The van der Waals surface area contributed by atoms with Gasteiger partial charge in [0.2, 0.25) is 5.91 Å². The molecule has 0 aromatic carbocycles. The number of H-pyrrole nitrogens is 1. The van der Waals surface area contributed by atoms with E-state index in [4.69, 9.17) is 5.73 Å². The van der Waals surface area contributed by atoms with Crippen LogP contribution in [-0.4, -0.2) is 50.0 Å². The summed E-state index contributed by atoms with van der Waals surface area (Å²) in [6.45, 7) is 11.4. The topological polar surface area (TPSA) is 92.3 Å². The molecule has 7 nitrogen and oxygen atoms in total. The molecule has 4 aromatic rings. The first kappa shape index (κ1) is 21.8. The number of nitrogens with one attached hydrogen (secondary N) is 1. The zero-order valence-electron chi connectivity index (χ0n) is 20.3. The molecule has 8 heteroatoms. The molecular formula is C26H32N6OS. The number of thiophene rings is 1. The first-order chi connectivity index (χ1) is 16.2. The van der Waals surface area contributed by atoms with Crippen molar-refractivity contribution in [3.63, 3.8) is 0 Å². The number of nitrogens with zero attached hydrogens (tertiary/aromatic N) is 4. The Balaban J connectivity index is 1.33. The average Bonchev–Trinajstić information content (AvgIpc) is 3.49. The number of pyridine rings is 1. The molecule has 3 N–H and O–H groups in total. The normalized spacial score (nSPS) is 23.0. The highest BCUT2D eigenvalue weighted by atomic mass is 32.1. The monoisotopic (exact) mass is 476 g/mol. The maximum absolute atomic E-state index is 11.3. The van der Waals surface area contributed by atoms with Crippen molar-refractivity contribution in [3.8, 4) is 11.3 Å². The summed E-state index contributed by atoms with van der Waals surface area (Å²) < 4.78 is 1.87. The Labute approximate surface area is 203 Å². The van der Waals surface area contributed by atoms with Crippen LogP contribution in [0.4, 0.5) is 0 Å². The molecule has 1 aliphatic carbocycles. The number of rotatable bonds is 5. The predicted octanol–water partition coefficient (Wildman–Crippen LogP) is 4.73. The van der Waals surface area contributed by atoms with Gasteiger partial charge in [-0.05, 0) is 79.7 Å². The van der Waals surface area contributed by atoms with Gasteiger partial charge in [0.1, 0.15) is 11.2 Å². The molecule has 1 saturated carbocycles. The highest BCUT2D eigenvalue weighted by Gasteiger charge is 2.49. The average molecular weight is 477 g/mol. The van der Waals surface area contributed by atoms with E-state index in [1.165, 1.54) is 51.2 Å². The molecule has 1 spiro atoms. The number of aryl methyl sites for hydroxylation is 2. The molecule has 1 saturated heterocycles. The van der Waals surface area contributed by atoms with Gasteiger partial charge in [-0.3, -0.25) is 9.69 Å². The highest BCUT2D eigenvalue weighted by molar-refractivity contribution is 7.19. The van der Waals surface area contributed by atoms with Crippen molar-refractivity contribution < 1.29 is 4.79 Å². The van der Waals surface area contributed by atoms with Crippen LogP contribution in [0, 0.1) is 19.3 Å². The predicted molar refractivity (Wildman–Crippen MR) is 136 cm³/mol. The SMILES string of the molecule is Cc1cc(-c2[nH]c3sc([C@H]4C[C@@]5(CCN(CC(N)=O)C5)C4)c(C)c3c2C(C)C)cn2ncnc12. The smallest absolute Gasteiger partial charge is 0.231 e. The number of primary amides is 1. The highest BCUT2D eigenvalue weighted by Crippen LogP contribution is 2.58. The maximum atomic E-state index is 11.3. The maximum Gasteiger partial charge on any atom is 0.231 e. The van der Waals surface area contributed by atoms with Gasteiger partial charge in [-0.15, -0.1) is 11.3 Å². The molecule has 34 heavy (non-hydrogen) atoms. The van der Waals surface area contributed by atoms with Crippen LogP contribution in [0.25, 0.3) is 27.1 Å². The van der Waals surface area contributed by atoms with Gasteiger partial charge in [0, 0.05) is 28.6 Å². The van der Waals surface area contributed by atoms with Gasteiger partial charge in [0.15, 0.2) is 5.65 Å². The van der Waals surface area contributed by atoms with Crippen molar-refractivity contribution in [3.05, 3.63) is 40.2 Å². The minimum absolute atomic E-state index is 0.216. The summed E-state index contributed by atoms with van der Waals surface area (Å²) in [5.74, 6) is 0.810. The number of hydrogen-bond acceptors (Lipinski definition) is 5. The number of carbonyl (C=O) groups excluding carboxylic acids is 1. The van der Waals surface area contributed by atoms with E-state index >= 15 is 0 Å². The second-order valence-corrected chi connectivity index (χ2v) is 11.9. The van der Waals surface area contributed by atoms with Gasteiger partial charge in [0.25, 0.3) is 0 Å². The second-order valence-electron chi connectivity index (χ2n) is 10.8. The van der Waals surface area contributed by atoms with Crippen molar-refractivity contribution in [2.45, 2.75) is 58.8 Å². The largest absolute Gasteiger partial charge is 0.369 e. The number of aromatic nitrogens is 4. The van der Waals surface area contributed by atoms with Gasteiger partial charge in [-0.25, -0.2) is 9.50 Å². The molecular weight excluding hydrogens is 444 g/mol. The molecule has 0 atom stereocenters. The molecule has 0 bridgehead atoms. The van der Waals surface area contributed by atoms with E-state index in [-0.39, 0.29) is 5.91 Å². The Hall–Kier alpha value is -2.71. The number of likely N-dealkylation sites (tertiary alicyclic amines) is 1. The van der Waals surface area contributed by atoms with Gasteiger partial charge in [0.05, 0.1) is 12.2 Å². The van der Waals surface area contributed by atoms with Crippen LogP contribution >= 0.6 is 11.3 Å². The fraction of sp³-hybridized carbons (Fsp3) is 0.500. The standard InChI is InChI=1S/C26H32N6OS/c1-14(2)20-21-16(4)23(18-8-26(9-18)5-6-31(12-26)11-19(27)33)34-25(21)30-22(20)17-7-15(3)24-28-13-29-32(24)10-17/h7,10,13-14,18,30H,5-6,8-9,11-12H2,1-4H3,(H2,27,33)/t18-,26-. The van der Waals surface area contributed by atoms with Crippen LogP contribution in [0.1, 0.15) is 66.5 Å². The van der Waals surface area contributed by atoms with Gasteiger partial charge in [-0.2, -0.15) is 5.10 Å². The Bertz CT molecular complexity index is 1420. The zero-order chi connectivity index (χ0) is 23.8. The Morgan fingerprint density at radius 1 is 1.35 bits per heavy atom. The Morgan fingerprint density at radius 3 is 2.88 bits per heavy atom. The third-order valence-corrected chi connectivity index (χ3v) is 9.38. The Kier molecular flexibility index (Phi) is 4.90. The van der Waals surface area contributed by atoms with Crippen molar-refractivity contribution >= 4 is 33.1 Å². The van der Waals surface area contributed by atoms with Gasteiger partial charge in [-0.1, -0.05) is 13.8 Å². The molecule has 1 aliphatic heterocycles. The third kappa shape index (κ3) is 3.30. The molecule has 5 heterocycles. The summed E-state index contributed by atoms with van der Waals surface area (Å²) in [7, 11) is 0. The molecule has 0 radical (unpaired) electrons. The summed E-state index contributed by atoms with van der Waals surface area (Å²) in [6.07, 6.45) is 7.32. The Morgan fingerprint density at radius 2 is 2.15 bits per heavy atom. The lowest BCUT2D eigenvalue weighted by Gasteiger charge is -2.45. The number of aromatic amines is 1. The zero-order valence-corrected chi connectivity index (χ0v) is 21.1. The summed E-state index contributed by atoms with van der Waals surface area (Å²) >= 11 is 1.94. The van der Waals surface area contributed by atoms with Crippen molar-refractivity contribution in [2.24, 2.45) is 11.1 Å².